The van der Waals surface area contributed by atoms with Gasteiger partial charge in [-0.15, -0.1) is 0 Å². The van der Waals surface area contributed by atoms with Gasteiger partial charge in [0, 0.05) is 42.2 Å². The van der Waals surface area contributed by atoms with Gasteiger partial charge in [-0.1, -0.05) is 0 Å². The molecule has 3 heterocycles. The number of nitrogens with two attached hydrogens (primary N) is 1. The number of aryl methyl sites for hydroxylation is 1. The van der Waals surface area contributed by atoms with Gasteiger partial charge in [0.2, 0.25) is 0 Å². The van der Waals surface area contributed by atoms with Gasteiger partial charge in [-0.25, -0.2) is 4.68 Å². The molecule has 0 radical (unpaired) electrons. The number of pyridine rings is 1. The third-order valence-electron chi connectivity index (χ3n) is 4.76. The summed E-state index contributed by atoms with van der Waals surface area (Å²) in [6, 6.07) is 1.60. The Morgan fingerprint density at radius 1 is 1.38 bits per heavy atom. The molecule has 0 aliphatic carbocycles. The summed E-state index contributed by atoms with van der Waals surface area (Å²) in [5.74, 6) is 0.479. The van der Waals surface area contributed by atoms with Crippen LogP contribution >= 0.6 is 0 Å². The summed E-state index contributed by atoms with van der Waals surface area (Å²) in [5.41, 5.74) is 8.36. The molecule has 7 heteroatoms. The quantitative estimate of drug-likeness (QED) is 0.845. The number of anilines is 1. The molecule has 0 aromatic carbocycles. The maximum atomic E-state index is 12.4. The second-order valence-corrected chi connectivity index (χ2v) is 6.45. The molecule has 128 valence electrons. The Kier molecular flexibility index (Phi) is 4.53. The zero-order chi connectivity index (χ0) is 17.3. The number of nitrogens with one attached hydrogen (secondary N) is 1. The SMILES string of the molecule is Cc1c[nH]c(Cn2ncc(N3CCC(CN)C3)cc2=O)c(C)c1=O. The van der Waals surface area contributed by atoms with Crippen molar-refractivity contribution >= 4 is 5.69 Å². The molecule has 0 amide bonds. The van der Waals surface area contributed by atoms with Crippen molar-refractivity contribution in [3.63, 3.8) is 0 Å². The molecule has 0 bridgehead atoms. The van der Waals surface area contributed by atoms with Crippen LogP contribution in [0.25, 0.3) is 0 Å². The first-order chi connectivity index (χ1) is 11.5. The van der Waals surface area contributed by atoms with E-state index in [4.69, 9.17) is 5.73 Å². The normalized spacial score (nSPS) is 17.5. The van der Waals surface area contributed by atoms with Crippen molar-refractivity contribution in [1.82, 2.24) is 14.8 Å². The van der Waals surface area contributed by atoms with Crippen molar-refractivity contribution in [3.05, 3.63) is 55.9 Å². The number of aromatic nitrogens is 3. The maximum Gasteiger partial charge on any atom is 0.269 e. The molecular formula is C17H23N5O2. The standard InChI is InChI=1S/C17H23N5O2/c1-11-7-19-15(12(2)17(11)24)10-22-16(23)5-14(8-20-22)21-4-3-13(6-18)9-21/h5,7-8,13H,3-4,6,9-10,18H2,1-2H3,(H,19,24). The van der Waals surface area contributed by atoms with E-state index in [9.17, 15) is 9.59 Å². The number of hydrogen-bond donors (Lipinski definition) is 2. The van der Waals surface area contributed by atoms with Crippen LogP contribution in [0, 0.1) is 19.8 Å². The highest BCUT2D eigenvalue weighted by Gasteiger charge is 2.22. The molecule has 24 heavy (non-hydrogen) atoms. The highest BCUT2D eigenvalue weighted by molar-refractivity contribution is 5.44. The summed E-state index contributed by atoms with van der Waals surface area (Å²) in [6.45, 7) is 6.22. The van der Waals surface area contributed by atoms with Crippen LogP contribution in [0.4, 0.5) is 5.69 Å². The third-order valence-corrected chi connectivity index (χ3v) is 4.76. The van der Waals surface area contributed by atoms with Crippen LogP contribution in [0.15, 0.2) is 28.0 Å². The molecule has 1 fully saturated rings. The Balaban J connectivity index is 1.82. The Hall–Kier alpha value is -2.41. The summed E-state index contributed by atoms with van der Waals surface area (Å²) < 4.78 is 1.37. The fourth-order valence-electron chi connectivity index (χ4n) is 3.09. The Morgan fingerprint density at radius 3 is 2.83 bits per heavy atom. The molecule has 2 aromatic rings. The van der Waals surface area contributed by atoms with Crippen LogP contribution in [-0.2, 0) is 6.54 Å². The van der Waals surface area contributed by atoms with Gasteiger partial charge in [-0.2, -0.15) is 5.10 Å². The first-order valence-corrected chi connectivity index (χ1v) is 8.19. The number of rotatable bonds is 4. The summed E-state index contributed by atoms with van der Waals surface area (Å²) in [5, 5.41) is 4.27. The van der Waals surface area contributed by atoms with Gasteiger partial charge in [0.05, 0.1) is 18.4 Å². The molecule has 3 N–H and O–H groups in total. The van der Waals surface area contributed by atoms with Crippen molar-refractivity contribution in [2.24, 2.45) is 11.7 Å². The number of hydrogen-bond acceptors (Lipinski definition) is 5. The topological polar surface area (TPSA) is 97.0 Å². The van der Waals surface area contributed by atoms with E-state index in [1.807, 2.05) is 0 Å². The summed E-state index contributed by atoms with van der Waals surface area (Å²) in [7, 11) is 0. The van der Waals surface area contributed by atoms with Crippen LogP contribution in [-0.4, -0.2) is 34.4 Å². The fraction of sp³-hybridized carbons (Fsp3) is 0.471. The average molecular weight is 329 g/mol. The molecule has 3 rings (SSSR count). The second kappa shape index (κ2) is 6.60. The highest BCUT2D eigenvalue weighted by atomic mass is 16.1. The lowest BCUT2D eigenvalue weighted by molar-refractivity contribution is 0.601. The lowest BCUT2D eigenvalue weighted by atomic mass is 10.1. The highest BCUT2D eigenvalue weighted by Crippen LogP contribution is 2.21. The van der Waals surface area contributed by atoms with E-state index in [1.54, 1.807) is 32.3 Å². The van der Waals surface area contributed by atoms with Gasteiger partial charge in [-0.3, -0.25) is 9.59 Å². The Bertz CT molecular complexity index is 855. The summed E-state index contributed by atoms with van der Waals surface area (Å²) in [4.78, 5) is 29.6. The van der Waals surface area contributed by atoms with Crippen LogP contribution in [0.5, 0.6) is 0 Å². The van der Waals surface area contributed by atoms with Crippen molar-refractivity contribution in [2.45, 2.75) is 26.8 Å². The molecule has 7 nitrogen and oxygen atoms in total. The minimum Gasteiger partial charge on any atom is -0.370 e. The van der Waals surface area contributed by atoms with Gasteiger partial charge in [0.15, 0.2) is 5.43 Å². The number of aromatic amines is 1. The van der Waals surface area contributed by atoms with E-state index in [-0.39, 0.29) is 17.5 Å². The number of nitrogens with zero attached hydrogens (tertiary/aromatic N) is 3. The predicted octanol–water partition coefficient (Wildman–Crippen LogP) is 0.382. The Labute approximate surface area is 140 Å². The zero-order valence-electron chi connectivity index (χ0n) is 14.1. The van der Waals surface area contributed by atoms with Crippen molar-refractivity contribution in [2.75, 3.05) is 24.5 Å². The van der Waals surface area contributed by atoms with Crippen molar-refractivity contribution in [3.8, 4) is 0 Å². The monoisotopic (exact) mass is 329 g/mol. The van der Waals surface area contributed by atoms with Crippen LogP contribution < -0.4 is 21.6 Å². The van der Waals surface area contributed by atoms with Crippen LogP contribution in [0.3, 0.4) is 0 Å². The van der Waals surface area contributed by atoms with E-state index in [1.165, 1.54) is 4.68 Å². The molecular weight excluding hydrogens is 306 g/mol. The molecule has 0 spiro atoms. The predicted molar refractivity (Wildman–Crippen MR) is 93.5 cm³/mol. The minimum absolute atomic E-state index is 0.00156. The first-order valence-electron chi connectivity index (χ1n) is 8.19. The van der Waals surface area contributed by atoms with Gasteiger partial charge in [-0.05, 0) is 32.7 Å². The van der Waals surface area contributed by atoms with Crippen molar-refractivity contribution < 1.29 is 0 Å². The maximum absolute atomic E-state index is 12.4. The molecule has 1 aliphatic rings. The van der Waals surface area contributed by atoms with E-state index in [2.05, 4.69) is 15.0 Å². The van der Waals surface area contributed by atoms with Gasteiger partial charge in [0.25, 0.3) is 5.56 Å². The number of H-pyrrole nitrogens is 1. The van der Waals surface area contributed by atoms with E-state index in [0.717, 1.165) is 25.2 Å². The third kappa shape index (κ3) is 3.12. The van der Waals surface area contributed by atoms with Gasteiger partial charge in [0.1, 0.15) is 0 Å². The van der Waals surface area contributed by atoms with E-state index < -0.39 is 0 Å². The molecule has 2 aromatic heterocycles. The zero-order valence-corrected chi connectivity index (χ0v) is 14.1. The van der Waals surface area contributed by atoms with Crippen molar-refractivity contribution in [1.29, 1.82) is 0 Å². The molecule has 0 saturated carbocycles. The largest absolute Gasteiger partial charge is 0.370 e. The average Bonchev–Trinajstić information content (AvgIpc) is 3.06. The smallest absolute Gasteiger partial charge is 0.269 e. The van der Waals surface area contributed by atoms with Crippen LogP contribution in [0.1, 0.15) is 23.2 Å². The van der Waals surface area contributed by atoms with E-state index in [0.29, 0.717) is 29.3 Å². The fourth-order valence-corrected chi connectivity index (χ4v) is 3.09. The molecule has 1 unspecified atom stereocenters. The summed E-state index contributed by atoms with van der Waals surface area (Å²) in [6.07, 6.45) is 4.42. The van der Waals surface area contributed by atoms with Crippen LogP contribution in [0.2, 0.25) is 0 Å². The molecule has 1 aliphatic heterocycles. The Morgan fingerprint density at radius 2 is 2.17 bits per heavy atom. The lowest BCUT2D eigenvalue weighted by Crippen LogP contribution is -2.28. The van der Waals surface area contributed by atoms with Gasteiger partial charge < -0.3 is 15.6 Å². The second-order valence-electron chi connectivity index (χ2n) is 6.45. The summed E-state index contributed by atoms with van der Waals surface area (Å²) >= 11 is 0. The molecule has 1 atom stereocenters. The lowest BCUT2D eigenvalue weighted by Gasteiger charge is -2.18. The van der Waals surface area contributed by atoms with Gasteiger partial charge >= 0.3 is 0 Å². The first kappa shape index (κ1) is 16.4. The van der Waals surface area contributed by atoms with E-state index >= 15 is 0 Å². The minimum atomic E-state index is -0.176. The molecule has 1 saturated heterocycles.